The van der Waals surface area contributed by atoms with Gasteiger partial charge >= 0.3 is 0 Å². The lowest BCUT2D eigenvalue weighted by Gasteiger charge is -2.09. The Balaban J connectivity index is 2.06. The smallest absolute Gasteiger partial charge is 0.238 e. The molecule has 0 spiro atoms. The van der Waals surface area contributed by atoms with Crippen molar-refractivity contribution in [1.29, 1.82) is 0 Å². The molecule has 0 saturated carbocycles. The van der Waals surface area contributed by atoms with Crippen molar-refractivity contribution in [3.05, 3.63) is 36.5 Å². The summed E-state index contributed by atoms with van der Waals surface area (Å²) in [6.07, 6.45) is 2.47. The van der Waals surface area contributed by atoms with Crippen molar-refractivity contribution in [3.8, 4) is 11.3 Å². The molecular formula is C13H14BrN3O. The van der Waals surface area contributed by atoms with E-state index >= 15 is 0 Å². The van der Waals surface area contributed by atoms with Crippen molar-refractivity contribution in [1.82, 2.24) is 10.2 Å². The third-order valence-corrected chi connectivity index (χ3v) is 3.67. The highest BCUT2D eigenvalue weighted by atomic mass is 79.9. The second-order valence-electron chi connectivity index (χ2n) is 3.91. The molecule has 1 aromatic heterocycles. The zero-order valence-electron chi connectivity index (χ0n) is 9.98. The molecule has 1 unspecified atom stereocenters. The number of aromatic amines is 1. The van der Waals surface area contributed by atoms with Gasteiger partial charge in [-0.3, -0.25) is 9.89 Å². The van der Waals surface area contributed by atoms with E-state index in [9.17, 15) is 4.79 Å². The second kappa shape index (κ2) is 5.82. The van der Waals surface area contributed by atoms with E-state index < -0.39 is 0 Å². The Morgan fingerprint density at radius 3 is 2.67 bits per heavy atom. The molecule has 0 bridgehead atoms. The lowest BCUT2D eigenvalue weighted by Crippen LogP contribution is -2.21. The van der Waals surface area contributed by atoms with E-state index in [1.165, 1.54) is 0 Å². The zero-order chi connectivity index (χ0) is 13.0. The van der Waals surface area contributed by atoms with Crippen LogP contribution in [0.2, 0.25) is 0 Å². The molecule has 1 heterocycles. The summed E-state index contributed by atoms with van der Waals surface area (Å²) in [6, 6.07) is 9.54. The predicted molar refractivity (Wildman–Crippen MR) is 75.7 cm³/mol. The highest BCUT2D eigenvalue weighted by Crippen LogP contribution is 2.19. The molecule has 18 heavy (non-hydrogen) atoms. The Morgan fingerprint density at radius 2 is 2.11 bits per heavy atom. The number of hydrogen-bond acceptors (Lipinski definition) is 2. The topological polar surface area (TPSA) is 57.8 Å². The summed E-state index contributed by atoms with van der Waals surface area (Å²) >= 11 is 3.32. The van der Waals surface area contributed by atoms with Crippen LogP contribution in [-0.4, -0.2) is 20.9 Å². The molecule has 0 aliphatic carbocycles. The van der Waals surface area contributed by atoms with Crippen LogP contribution in [0, 0.1) is 0 Å². The summed E-state index contributed by atoms with van der Waals surface area (Å²) in [7, 11) is 0. The number of carbonyl (C=O) groups excluding carboxylic acids is 1. The average molecular weight is 308 g/mol. The summed E-state index contributed by atoms with van der Waals surface area (Å²) in [5, 5.41) is 9.65. The van der Waals surface area contributed by atoms with Gasteiger partial charge in [0.2, 0.25) is 5.91 Å². The Labute approximate surface area is 114 Å². The van der Waals surface area contributed by atoms with Crippen LogP contribution < -0.4 is 5.32 Å². The lowest BCUT2D eigenvalue weighted by molar-refractivity contribution is -0.115. The summed E-state index contributed by atoms with van der Waals surface area (Å²) in [4.78, 5) is 11.5. The van der Waals surface area contributed by atoms with Gasteiger partial charge in [0, 0.05) is 11.9 Å². The van der Waals surface area contributed by atoms with Gasteiger partial charge in [-0.15, -0.1) is 0 Å². The number of amides is 1. The molecule has 0 saturated heterocycles. The van der Waals surface area contributed by atoms with Gasteiger partial charge in [0.25, 0.3) is 0 Å². The normalized spacial score (nSPS) is 12.1. The van der Waals surface area contributed by atoms with E-state index in [1.807, 2.05) is 37.3 Å². The van der Waals surface area contributed by atoms with Gasteiger partial charge in [0.15, 0.2) is 0 Å². The lowest BCUT2D eigenvalue weighted by atomic mass is 10.1. The van der Waals surface area contributed by atoms with Gasteiger partial charge in [-0.05, 0) is 30.2 Å². The maximum absolute atomic E-state index is 11.7. The molecule has 2 aromatic rings. The maximum atomic E-state index is 11.7. The van der Waals surface area contributed by atoms with Crippen LogP contribution in [0.1, 0.15) is 13.3 Å². The molecule has 1 atom stereocenters. The van der Waals surface area contributed by atoms with Crippen LogP contribution in [0.4, 0.5) is 5.69 Å². The summed E-state index contributed by atoms with van der Waals surface area (Å²) in [5.74, 6) is -0.0215. The van der Waals surface area contributed by atoms with Gasteiger partial charge in [-0.25, -0.2) is 0 Å². The average Bonchev–Trinajstić information content (AvgIpc) is 2.92. The second-order valence-corrected chi connectivity index (χ2v) is 5.02. The monoisotopic (exact) mass is 307 g/mol. The molecule has 0 aliphatic rings. The molecule has 0 radical (unpaired) electrons. The fraction of sp³-hybridized carbons (Fsp3) is 0.231. The maximum Gasteiger partial charge on any atom is 0.238 e. The van der Waals surface area contributed by atoms with Crippen LogP contribution >= 0.6 is 15.9 Å². The molecule has 1 aromatic carbocycles. The van der Waals surface area contributed by atoms with E-state index in [0.29, 0.717) is 0 Å². The molecular weight excluding hydrogens is 294 g/mol. The fourth-order valence-corrected chi connectivity index (χ4v) is 1.67. The van der Waals surface area contributed by atoms with E-state index in [4.69, 9.17) is 0 Å². The van der Waals surface area contributed by atoms with Crippen LogP contribution in [0.3, 0.4) is 0 Å². The molecule has 1 amide bonds. The highest BCUT2D eigenvalue weighted by Gasteiger charge is 2.12. The number of nitrogens with zero attached hydrogens (tertiary/aromatic N) is 1. The van der Waals surface area contributed by atoms with Crippen molar-refractivity contribution in [3.63, 3.8) is 0 Å². The first-order chi connectivity index (χ1) is 8.70. The highest BCUT2D eigenvalue weighted by molar-refractivity contribution is 9.10. The minimum Gasteiger partial charge on any atom is -0.325 e. The largest absolute Gasteiger partial charge is 0.325 e. The number of nitrogens with one attached hydrogen (secondary N) is 2. The number of benzene rings is 1. The minimum absolute atomic E-state index is 0.0215. The zero-order valence-corrected chi connectivity index (χ0v) is 11.6. The quantitative estimate of drug-likeness (QED) is 0.852. The minimum atomic E-state index is -0.148. The fourth-order valence-electron chi connectivity index (χ4n) is 1.56. The molecule has 4 nitrogen and oxygen atoms in total. The summed E-state index contributed by atoms with van der Waals surface area (Å²) in [5.41, 5.74) is 2.79. The van der Waals surface area contributed by atoms with Gasteiger partial charge in [0.1, 0.15) is 0 Å². The first kappa shape index (κ1) is 12.8. The predicted octanol–water partition coefficient (Wildman–Crippen LogP) is 3.19. The van der Waals surface area contributed by atoms with Crippen molar-refractivity contribution >= 4 is 27.5 Å². The number of anilines is 1. The third-order valence-electron chi connectivity index (χ3n) is 2.61. The Morgan fingerprint density at radius 1 is 1.39 bits per heavy atom. The number of alkyl halides is 1. The standard InChI is InChI=1S/C13H14BrN3O/c1-2-11(14)13(18)16-10-5-3-9(4-6-10)12-7-8-15-17-12/h3-8,11H,2H2,1H3,(H,15,17)(H,16,18). The number of rotatable bonds is 4. The first-order valence-electron chi connectivity index (χ1n) is 5.75. The number of H-pyrrole nitrogens is 1. The van der Waals surface area contributed by atoms with Crippen LogP contribution in [0.25, 0.3) is 11.3 Å². The van der Waals surface area contributed by atoms with Crippen LogP contribution in [0.15, 0.2) is 36.5 Å². The SMILES string of the molecule is CCC(Br)C(=O)Nc1ccc(-c2ccn[nH]2)cc1. The van der Waals surface area contributed by atoms with Crippen molar-refractivity contribution < 1.29 is 4.79 Å². The summed E-state index contributed by atoms with van der Waals surface area (Å²) < 4.78 is 0. The van der Waals surface area contributed by atoms with E-state index in [2.05, 4.69) is 31.4 Å². The van der Waals surface area contributed by atoms with Gasteiger partial charge in [0.05, 0.1) is 10.5 Å². The van der Waals surface area contributed by atoms with Gasteiger partial charge in [-0.1, -0.05) is 35.0 Å². The molecule has 2 N–H and O–H groups in total. The molecule has 2 rings (SSSR count). The van der Waals surface area contributed by atoms with Gasteiger partial charge < -0.3 is 5.32 Å². The van der Waals surface area contributed by atoms with E-state index in [1.54, 1.807) is 6.20 Å². The molecule has 0 fully saturated rings. The number of carbonyl (C=O) groups is 1. The summed E-state index contributed by atoms with van der Waals surface area (Å²) in [6.45, 7) is 1.96. The van der Waals surface area contributed by atoms with Crippen molar-refractivity contribution in [2.45, 2.75) is 18.2 Å². The van der Waals surface area contributed by atoms with Gasteiger partial charge in [-0.2, -0.15) is 5.10 Å². The Bertz CT molecular complexity index is 508. The van der Waals surface area contributed by atoms with E-state index in [-0.39, 0.29) is 10.7 Å². The molecule has 5 heteroatoms. The van der Waals surface area contributed by atoms with Crippen molar-refractivity contribution in [2.75, 3.05) is 5.32 Å². The van der Waals surface area contributed by atoms with E-state index in [0.717, 1.165) is 23.4 Å². The Hall–Kier alpha value is -1.62. The van der Waals surface area contributed by atoms with Crippen LogP contribution in [0.5, 0.6) is 0 Å². The molecule has 94 valence electrons. The molecule has 0 aliphatic heterocycles. The Kier molecular flexibility index (Phi) is 4.15. The third kappa shape index (κ3) is 2.98. The number of halogens is 1. The van der Waals surface area contributed by atoms with Crippen LogP contribution in [-0.2, 0) is 4.79 Å². The van der Waals surface area contributed by atoms with Crippen molar-refractivity contribution in [2.24, 2.45) is 0 Å². The number of aromatic nitrogens is 2. The first-order valence-corrected chi connectivity index (χ1v) is 6.67. The number of hydrogen-bond donors (Lipinski definition) is 2.